The first kappa shape index (κ1) is 64.3. The number of halogens is 12. The molecule has 13 nitrogen and oxygen atoms in total. The van der Waals surface area contributed by atoms with Gasteiger partial charge in [-0.25, -0.2) is 19.4 Å². The number of hydrogen-bond acceptors (Lipinski definition) is 10. The van der Waals surface area contributed by atoms with Gasteiger partial charge in [0.25, 0.3) is 0 Å². The van der Waals surface area contributed by atoms with Crippen molar-refractivity contribution in [3.8, 4) is 0 Å². The van der Waals surface area contributed by atoms with E-state index in [9.17, 15) is 53.9 Å². The molecule has 0 bridgehead atoms. The summed E-state index contributed by atoms with van der Waals surface area (Å²) in [4.78, 5) is 50.5. The van der Waals surface area contributed by atoms with Gasteiger partial charge in [0.1, 0.15) is 21.4 Å². The van der Waals surface area contributed by atoms with Crippen LogP contribution in [0.4, 0.5) is 53.9 Å². The summed E-state index contributed by atoms with van der Waals surface area (Å²) < 4.78 is 127. The monoisotopic (exact) mass is 1360 g/mol. The SMILES string of the molecule is CC(C)(C)OC(=O)N1CC(I)C1.CC(C)(C)OC(=O)N1CC(c2cc(C(F)(F)F)ccn2)C1.CC(C)(C)OC(=O)N1C[CH-]C1.FC(F)(F)c1ccnc(Br)c1.FC(F)(F)c1ccnc(C2CNC2)c1.[Zn+][I]. The summed E-state index contributed by atoms with van der Waals surface area (Å²) in [6, 6.07) is 5.96. The second kappa shape index (κ2) is 27.6. The molecule has 4 aliphatic rings. The van der Waals surface area contributed by atoms with Crippen molar-refractivity contribution in [3.63, 3.8) is 0 Å². The molecule has 4 fully saturated rings. The van der Waals surface area contributed by atoms with Crippen molar-refractivity contribution in [3.05, 3.63) is 94.1 Å². The molecule has 0 radical (unpaired) electrons. The van der Waals surface area contributed by atoms with Crippen LogP contribution in [-0.4, -0.2) is 121 Å². The van der Waals surface area contributed by atoms with E-state index in [0.717, 1.165) is 75.0 Å². The Morgan fingerprint density at radius 2 is 0.930 bits per heavy atom. The second-order valence-electron chi connectivity index (χ2n) is 18.9. The zero-order valence-electron chi connectivity index (χ0n) is 40.5. The van der Waals surface area contributed by atoms with Gasteiger partial charge >= 0.3 is 71.3 Å². The molecular formula is C45H57BrF9I2N7O6Zn. The second-order valence-corrected chi connectivity index (χ2v) is 21.5. The molecule has 0 atom stereocenters. The van der Waals surface area contributed by atoms with Crippen molar-refractivity contribution < 1.29 is 82.9 Å². The van der Waals surface area contributed by atoms with E-state index in [2.05, 4.69) is 78.5 Å². The molecule has 26 heteroatoms. The number of pyridine rings is 3. The number of nitrogens with zero attached hydrogens (tertiary/aromatic N) is 6. The fourth-order valence-corrected chi connectivity index (χ4v) is 6.86. The van der Waals surface area contributed by atoms with Crippen LogP contribution in [0, 0.1) is 6.42 Å². The third-order valence-electron chi connectivity index (χ3n) is 9.26. The number of aromatic nitrogens is 3. The molecule has 0 aliphatic carbocycles. The molecule has 3 aromatic rings. The van der Waals surface area contributed by atoms with Crippen molar-refractivity contribution in [1.82, 2.24) is 35.0 Å². The number of carbonyl (C=O) groups excluding carboxylic acids is 3. The van der Waals surface area contributed by atoms with Gasteiger partial charge in [-0.1, -0.05) is 22.6 Å². The molecule has 7 rings (SSSR count). The Morgan fingerprint density at radius 3 is 1.21 bits per heavy atom. The fourth-order valence-electron chi connectivity index (χ4n) is 5.55. The van der Waals surface area contributed by atoms with Crippen LogP contribution >= 0.6 is 58.3 Å². The maximum absolute atomic E-state index is 12.6. The van der Waals surface area contributed by atoms with Gasteiger partial charge < -0.3 is 34.2 Å². The number of nitrogens with one attached hydrogen (secondary N) is 1. The molecule has 3 amide bonds. The molecule has 4 saturated heterocycles. The van der Waals surface area contributed by atoms with E-state index >= 15 is 0 Å². The summed E-state index contributed by atoms with van der Waals surface area (Å²) in [7, 11) is 0. The summed E-state index contributed by atoms with van der Waals surface area (Å²) in [5, 5.41) is 3.00. The van der Waals surface area contributed by atoms with Crippen LogP contribution in [0.3, 0.4) is 0 Å². The Kier molecular flexibility index (Phi) is 25.0. The van der Waals surface area contributed by atoms with E-state index in [0.29, 0.717) is 41.5 Å². The molecule has 394 valence electrons. The Balaban J connectivity index is 0.000000309. The van der Waals surface area contributed by atoms with Crippen molar-refractivity contribution in [2.75, 3.05) is 52.4 Å². The Hall–Kier alpha value is -2.85. The molecule has 3 aromatic heterocycles. The summed E-state index contributed by atoms with van der Waals surface area (Å²) in [6.45, 7) is 21.7. The van der Waals surface area contributed by atoms with Gasteiger partial charge in [-0.2, -0.15) is 39.5 Å². The molecular weight excluding hydrogens is 1300 g/mol. The van der Waals surface area contributed by atoms with Gasteiger partial charge in [0.2, 0.25) is 0 Å². The summed E-state index contributed by atoms with van der Waals surface area (Å²) in [6.07, 6.45) is -8.28. The van der Waals surface area contributed by atoms with E-state index in [1.54, 1.807) is 30.6 Å². The quantitative estimate of drug-likeness (QED) is 0.0502. The van der Waals surface area contributed by atoms with Crippen molar-refractivity contribution in [2.45, 2.75) is 113 Å². The van der Waals surface area contributed by atoms with Crippen LogP contribution in [-0.2, 0) is 47.5 Å². The molecule has 0 aromatic carbocycles. The van der Waals surface area contributed by atoms with Crippen molar-refractivity contribution >= 4 is 76.6 Å². The topological polar surface area (TPSA) is 139 Å². The van der Waals surface area contributed by atoms with Gasteiger partial charge in [0, 0.05) is 85.0 Å². The predicted molar refractivity (Wildman–Crippen MR) is 263 cm³/mol. The first-order valence-electron chi connectivity index (χ1n) is 21.6. The summed E-state index contributed by atoms with van der Waals surface area (Å²) >= 11 is 8.79. The average Bonchev–Trinajstić information content (AvgIpc) is 3.14. The number of carbonyl (C=O) groups is 3. The van der Waals surface area contributed by atoms with Gasteiger partial charge in [-0.3, -0.25) is 16.4 Å². The summed E-state index contributed by atoms with van der Waals surface area (Å²) in [5.41, 5.74) is -2.48. The standard InChI is InChI=1S/C14H17F3N2O2.C9H9F3N2.C8H14INO2.C8H14NO2.C6H3BrF3N.HI.Zn/c1-13(2,3)21-12(20)19-7-9(8-19)11-6-10(4-5-18-11)14(15,16)17;10-9(11,12)7-1-2-14-8(3-7)6-4-13-5-6;1-8(2,3)12-7(11)10-4-6(9)5-10;1-8(2,3)11-7(10)9-5-4-6-9;7-5-3-4(1-2-11-5)6(8,9)10;;/h4-6,9H,7-8H2,1-3H3;1-3,6,13H,4-5H2;6H,4-5H2,1-3H3;4H,5-6H2,1-3H3;1-3H;1H;/q;;;-1;;;+2/p-1. The van der Waals surface area contributed by atoms with Crippen LogP contribution in [0.15, 0.2) is 59.6 Å². The van der Waals surface area contributed by atoms with Crippen LogP contribution in [0.1, 0.15) is 102 Å². The Bertz CT molecular complexity index is 2160. The first-order valence-corrected chi connectivity index (χ1v) is 32.7. The van der Waals surface area contributed by atoms with Crippen LogP contribution in [0.2, 0.25) is 0 Å². The Labute approximate surface area is 451 Å². The van der Waals surface area contributed by atoms with Gasteiger partial charge in [0.15, 0.2) is 0 Å². The van der Waals surface area contributed by atoms with Crippen LogP contribution in [0.25, 0.3) is 0 Å². The fraction of sp³-hybridized carbons (Fsp3) is 0.578. The average molecular weight is 1360 g/mol. The number of alkyl halides is 10. The third kappa shape index (κ3) is 24.4. The third-order valence-corrected chi connectivity index (χ3v) is 10.5. The molecule has 71 heavy (non-hydrogen) atoms. The van der Waals surface area contributed by atoms with Gasteiger partial charge in [0.05, 0.1) is 16.7 Å². The van der Waals surface area contributed by atoms with Gasteiger partial charge in [-0.15, -0.1) is 13.1 Å². The van der Waals surface area contributed by atoms with E-state index < -0.39 is 46.9 Å². The van der Waals surface area contributed by atoms with Crippen molar-refractivity contribution in [2.24, 2.45) is 0 Å². The predicted octanol–water partition coefficient (Wildman–Crippen LogP) is 12.5. The van der Waals surface area contributed by atoms with Crippen LogP contribution in [0.5, 0.6) is 0 Å². The molecule has 1 N–H and O–H groups in total. The molecule has 0 saturated carbocycles. The number of rotatable bonds is 2. The minimum atomic E-state index is -4.38. The van der Waals surface area contributed by atoms with Crippen molar-refractivity contribution in [1.29, 1.82) is 0 Å². The van der Waals surface area contributed by atoms with Gasteiger partial charge in [-0.05, 0) is 115 Å². The number of amides is 3. The molecule has 7 heterocycles. The van der Waals surface area contributed by atoms with E-state index in [1.165, 1.54) is 25.9 Å². The zero-order valence-corrected chi connectivity index (χ0v) is 49.4. The Morgan fingerprint density at radius 1 is 0.592 bits per heavy atom. The molecule has 0 unspecified atom stereocenters. The van der Waals surface area contributed by atoms with Crippen LogP contribution < -0.4 is 5.32 Å². The number of ether oxygens (including phenoxy) is 3. The van der Waals surface area contributed by atoms with E-state index in [-0.39, 0.29) is 39.8 Å². The minimum absolute atomic E-state index is 0.136. The van der Waals surface area contributed by atoms with E-state index in [4.69, 9.17) is 14.2 Å². The summed E-state index contributed by atoms with van der Waals surface area (Å²) in [5.74, 6) is -0.0443. The molecule has 0 spiro atoms. The molecule has 4 aliphatic heterocycles. The first-order chi connectivity index (χ1) is 32.5. The maximum atomic E-state index is 12.6. The number of hydrogen-bond donors (Lipinski definition) is 1. The van der Waals surface area contributed by atoms with E-state index in [1.807, 2.05) is 48.0 Å². The number of likely N-dealkylation sites (tertiary alicyclic amines) is 3. The normalized spacial score (nSPS) is 16.2. The zero-order chi connectivity index (χ0) is 54.3.